The third kappa shape index (κ3) is 2.29. The summed E-state index contributed by atoms with van der Waals surface area (Å²) in [5.74, 6) is -0.255. The number of fused-ring (bicyclic) bond motifs is 1. The highest BCUT2D eigenvalue weighted by Gasteiger charge is 2.54. The summed E-state index contributed by atoms with van der Waals surface area (Å²) in [5, 5.41) is 9.61. The van der Waals surface area contributed by atoms with Gasteiger partial charge in [-0.15, -0.1) is 0 Å². The fourth-order valence-electron chi connectivity index (χ4n) is 3.88. The maximum Gasteiger partial charge on any atom is 0.311 e. The molecule has 108 valence electrons. The van der Waals surface area contributed by atoms with Gasteiger partial charge in [0.2, 0.25) is 0 Å². The standard InChI is InChI=1S/C16H20BrNO2/c1-11-4-5-12(14(17)7-11)8-18-9-13-3-2-6-16(13,10-18)15(19)20/h4-5,7,13H,2-3,6,8-10H2,1H3,(H,19,20)/t13-,16+/m0/s1. The Bertz CT molecular complexity index is 545. The summed E-state index contributed by atoms with van der Waals surface area (Å²) in [7, 11) is 0. The third-order valence-corrected chi connectivity index (χ3v) is 5.71. The quantitative estimate of drug-likeness (QED) is 0.918. The van der Waals surface area contributed by atoms with Crippen LogP contribution in [0.2, 0.25) is 0 Å². The number of carbonyl (C=O) groups is 1. The number of aryl methyl sites for hydroxylation is 1. The van der Waals surface area contributed by atoms with Crippen LogP contribution < -0.4 is 0 Å². The Morgan fingerprint density at radius 2 is 2.35 bits per heavy atom. The SMILES string of the molecule is Cc1ccc(CN2C[C@@H]3CCC[C@@]3(C(=O)O)C2)c(Br)c1. The maximum absolute atomic E-state index is 11.7. The van der Waals surface area contributed by atoms with Gasteiger partial charge in [0.05, 0.1) is 5.41 Å². The molecule has 3 rings (SSSR count). The van der Waals surface area contributed by atoms with E-state index in [1.165, 1.54) is 11.1 Å². The fourth-order valence-corrected chi connectivity index (χ4v) is 4.50. The van der Waals surface area contributed by atoms with Crippen LogP contribution in [0.4, 0.5) is 0 Å². The van der Waals surface area contributed by atoms with Crippen LogP contribution in [0.3, 0.4) is 0 Å². The van der Waals surface area contributed by atoms with Crippen molar-refractivity contribution in [3.8, 4) is 0 Å². The van der Waals surface area contributed by atoms with E-state index in [-0.39, 0.29) is 0 Å². The molecule has 1 aliphatic heterocycles. The van der Waals surface area contributed by atoms with E-state index in [0.717, 1.165) is 36.8 Å². The van der Waals surface area contributed by atoms with E-state index in [9.17, 15) is 9.90 Å². The second-order valence-corrected chi connectivity index (χ2v) is 7.17. The molecule has 1 aliphatic carbocycles. The predicted molar refractivity (Wildman–Crippen MR) is 81.6 cm³/mol. The second-order valence-electron chi connectivity index (χ2n) is 6.31. The molecule has 3 nitrogen and oxygen atoms in total. The number of hydrogen-bond donors (Lipinski definition) is 1. The van der Waals surface area contributed by atoms with Crippen LogP contribution in [0.5, 0.6) is 0 Å². The van der Waals surface area contributed by atoms with Crippen molar-refractivity contribution in [2.45, 2.75) is 32.7 Å². The summed E-state index contributed by atoms with van der Waals surface area (Å²) >= 11 is 3.62. The van der Waals surface area contributed by atoms with Gasteiger partial charge in [0, 0.05) is 24.1 Å². The van der Waals surface area contributed by atoms with E-state index < -0.39 is 11.4 Å². The fraction of sp³-hybridized carbons (Fsp3) is 0.562. The van der Waals surface area contributed by atoms with E-state index in [1.807, 2.05) is 0 Å². The van der Waals surface area contributed by atoms with Crippen LogP contribution in [0.15, 0.2) is 22.7 Å². The molecule has 4 heteroatoms. The molecule has 2 atom stereocenters. The number of carboxylic acids is 1. The molecule has 1 N–H and O–H groups in total. The molecule has 0 unspecified atom stereocenters. The molecule has 0 amide bonds. The molecule has 0 radical (unpaired) electrons. The lowest BCUT2D eigenvalue weighted by Gasteiger charge is -2.23. The summed E-state index contributed by atoms with van der Waals surface area (Å²) in [6, 6.07) is 6.38. The molecule has 0 aromatic heterocycles. The largest absolute Gasteiger partial charge is 0.481 e. The first-order chi connectivity index (χ1) is 9.51. The van der Waals surface area contributed by atoms with E-state index in [0.29, 0.717) is 12.5 Å². The molecule has 1 aromatic carbocycles. The zero-order valence-electron chi connectivity index (χ0n) is 11.7. The van der Waals surface area contributed by atoms with Gasteiger partial charge in [-0.05, 0) is 42.9 Å². The van der Waals surface area contributed by atoms with Gasteiger partial charge in [-0.2, -0.15) is 0 Å². The Morgan fingerprint density at radius 1 is 1.55 bits per heavy atom. The molecule has 2 fully saturated rings. The highest BCUT2D eigenvalue weighted by Crippen LogP contribution is 2.49. The lowest BCUT2D eigenvalue weighted by atomic mass is 9.81. The third-order valence-electron chi connectivity index (χ3n) is 4.97. The minimum atomic E-state index is -0.592. The zero-order valence-corrected chi connectivity index (χ0v) is 13.3. The molecule has 20 heavy (non-hydrogen) atoms. The summed E-state index contributed by atoms with van der Waals surface area (Å²) in [6.45, 7) is 4.54. The Morgan fingerprint density at radius 3 is 3.00 bits per heavy atom. The second kappa shape index (κ2) is 5.15. The van der Waals surface area contributed by atoms with Gasteiger partial charge >= 0.3 is 5.97 Å². The van der Waals surface area contributed by atoms with E-state index >= 15 is 0 Å². The van der Waals surface area contributed by atoms with Gasteiger partial charge in [0.1, 0.15) is 0 Å². The molecule has 0 spiro atoms. The monoisotopic (exact) mass is 337 g/mol. The zero-order chi connectivity index (χ0) is 14.3. The van der Waals surface area contributed by atoms with E-state index in [1.54, 1.807) is 0 Å². The van der Waals surface area contributed by atoms with Crippen molar-refractivity contribution in [2.75, 3.05) is 13.1 Å². The van der Waals surface area contributed by atoms with Crippen LogP contribution in [0, 0.1) is 18.3 Å². The summed E-state index contributed by atoms with van der Waals surface area (Å²) in [4.78, 5) is 14.0. The number of benzene rings is 1. The molecule has 1 aromatic rings. The summed E-state index contributed by atoms with van der Waals surface area (Å²) in [6.07, 6.45) is 2.98. The van der Waals surface area contributed by atoms with Crippen molar-refractivity contribution >= 4 is 21.9 Å². The van der Waals surface area contributed by atoms with Gasteiger partial charge < -0.3 is 5.11 Å². The topological polar surface area (TPSA) is 40.5 Å². The number of likely N-dealkylation sites (tertiary alicyclic amines) is 1. The van der Waals surface area contributed by atoms with Crippen LogP contribution in [0.1, 0.15) is 30.4 Å². The number of rotatable bonds is 3. The molecule has 2 aliphatic rings. The number of hydrogen-bond acceptors (Lipinski definition) is 2. The molecular formula is C16H20BrNO2. The van der Waals surface area contributed by atoms with Crippen LogP contribution in [-0.2, 0) is 11.3 Å². The van der Waals surface area contributed by atoms with Crippen LogP contribution >= 0.6 is 15.9 Å². The molecule has 1 saturated carbocycles. The van der Waals surface area contributed by atoms with Gasteiger partial charge in [-0.1, -0.05) is 34.5 Å². The first-order valence-corrected chi connectivity index (χ1v) is 8.01. The Labute approximate surface area is 128 Å². The van der Waals surface area contributed by atoms with E-state index in [2.05, 4.69) is 46.0 Å². The molecule has 0 bridgehead atoms. The minimum absolute atomic E-state index is 0.337. The first kappa shape index (κ1) is 14.1. The highest BCUT2D eigenvalue weighted by atomic mass is 79.9. The number of halogens is 1. The van der Waals surface area contributed by atoms with Crippen molar-refractivity contribution < 1.29 is 9.90 Å². The van der Waals surface area contributed by atoms with Crippen molar-refractivity contribution in [3.63, 3.8) is 0 Å². The van der Waals surface area contributed by atoms with Crippen molar-refractivity contribution in [1.29, 1.82) is 0 Å². The summed E-state index contributed by atoms with van der Waals surface area (Å²) < 4.78 is 1.12. The average Bonchev–Trinajstić information content (AvgIpc) is 2.90. The van der Waals surface area contributed by atoms with Crippen LogP contribution in [-0.4, -0.2) is 29.1 Å². The normalized spacial score (nSPS) is 29.6. The molecule has 1 saturated heterocycles. The molecular weight excluding hydrogens is 318 g/mol. The van der Waals surface area contributed by atoms with Gasteiger partial charge in [-0.3, -0.25) is 9.69 Å². The molecule has 1 heterocycles. The Kier molecular flexibility index (Phi) is 3.63. The van der Waals surface area contributed by atoms with Gasteiger partial charge in [0.25, 0.3) is 0 Å². The first-order valence-electron chi connectivity index (χ1n) is 7.22. The van der Waals surface area contributed by atoms with Gasteiger partial charge in [-0.25, -0.2) is 0 Å². The predicted octanol–water partition coefficient (Wildman–Crippen LogP) is 3.44. The lowest BCUT2D eigenvalue weighted by molar-refractivity contribution is -0.149. The van der Waals surface area contributed by atoms with Crippen molar-refractivity contribution in [2.24, 2.45) is 11.3 Å². The summed E-state index contributed by atoms with van der Waals surface area (Å²) in [5.41, 5.74) is 2.01. The highest BCUT2D eigenvalue weighted by molar-refractivity contribution is 9.10. The lowest BCUT2D eigenvalue weighted by Crippen LogP contribution is -2.35. The number of carboxylic acid groups (broad SMARTS) is 1. The maximum atomic E-state index is 11.7. The number of nitrogens with zero attached hydrogens (tertiary/aromatic N) is 1. The van der Waals surface area contributed by atoms with E-state index in [4.69, 9.17) is 0 Å². The number of aliphatic carboxylic acids is 1. The van der Waals surface area contributed by atoms with Crippen molar-refractivity contribution in [3.05, 3.63) is 33.8 Å². The average molecular weight is 338 g/mol. The Balaban J connectivity index is 1.76. The van der Waals surface area contributed by atoms with Crippen molar-refractivity contribution in [1.82, 2.24) is 4.90 Å². The van der Waals surface area contributed by atoms with Crippen LogP contribution in [0.25, 0.3) is 0 Å². The Hall–Kier alpha value is -0.870. The minimum Gasteiger partial charge on any atom is -0.481 e. The van der Waals surface area contributed by atoms with Gasteiger partial charge in [0.15, 0.2) is 0 Å². The smallest absolute Gasteiger partial charge is 0.311 e.